The van der Waals surface area contributed by atoms with Gasteiger partial charge in [-0.2, -0.15) is 0 Å². The molecule has 0 saturated carbocycles. The van der Waals surface area contributed by atoms with Gasteiger partial charge < -0.3 is 5.32 Å². The van der Waals surface area contributed by atoms with E-state index < -0.39 is 5.82 Å². The van der Waals surface area contributed by atoms with Crippen LogP contribution in [0, 0.1) is 12.7 Å². The number of aromatic nitrogens is 1. The molecule has 2 nitrogen and oxygen atoms in total. The lowest BCUT2D eigenvalue weighted by molar-refractivity contribution is 0.629. The molecule has 0 radical (unpaired) electrons. The van der Waals surface area contributed by atoms with E-state index in [2.05, 4.69) is 10.3 Å². The van der Waals surface area contributed by atoms with Gasteiger partial charge in [0.15, 0.2) is 5.82 Å². The molecule has 1 N–H and O–H groups in total. The van der Waals surface area contributed by atoms with E-state index >= 15 is 0 Å². The van der Waals surface area contributed by atoms with Crippen molar-refractivity contribution in [2.75, 3.05) is 5.32 Å². The van der Waals surface area contributed by atoms with E-state index in [9.17, 15) is 4.39 Å². The SMILES string of the molecule is Cc1ncc(CNc2cc(Cl)c(F)c(Cl)c2)s1. The molecule has 0 spiro atoms. The lowest BCUT2D eigenvalue weighted by Crippen LogP contribution is -1.98. The molecule has 0 amide bonds. The number of nitrogens with zero attached hydrogens (tertiary/aromatic N) is 1. The minimum Gasteiger partial charge on any atom is -0.380 e. The Morgan fingerprint density at radius 2 is 2.00 bits per heavy atom. The van der Waals surface area contributed by atoms with Gasteiger partial charge in [-0.25, -0.2) is 9.37 Å². The summed E-state index contributed by atoms with van der Waals surface area (Å²) in [7, 11) is 0. The van der Waals surface area contributed by atoms with E-state index in [1.54, 1.807) is 17.5 Å². The molecular weight excluding hydrogens is 282 g/mol. The first-order valence-corrected chi connectivity index (χ1v) is 6.43. The lowest BCUT2D eigenvalue weighted by atomic mass is 10.3. The van der Waals surface area contributed by atoms with Gasteiger partial charge in [-0.15, -0.1) is 11.3 Å². The Bertz CT molecular complexity index is 519. The van der Waals surface area contributed by atoms with Gasteiger partial charge in [0.2, 0.25) is 0 Å². The Morgan fingerprint density at radius 3 is 2.53 bits per heavy atom. The van der Waals surface area contributed by atoms with Gasteiger partial charge in [0.25, 0.3) is 0 Å². The fraction of sp³-hybridized carbons (Fsp3) is 0.182. The van der Waals surface area contributed by atoms with Crippen LogP contribution < -0.4 is 5.32 Å². The monoisotopic (exact) mass is 290 g/mol. The van der Waals surface area contributed by atoms with Gasteiger partial charge in [-0.05, 0) is 19.1 Å². The number of halogens is 3. The molecule has 1 aromatic heterocycles. The van der Waals surface area contributed by atoms with Gasteiger partial charge in [0.1, 0.15) is 0 Å². The standard InChI is InChI=1S/C11H9Cl2FN2S/c1-6-15-4-8(17-6)5-16-7-2-9(12)11(14)10(13)3-7/h2-4,16H,5H2,1H3. The number of aryl methyl sites for hydroxylation is 1. The molecule has 0 aliphatic carbocycles. The molecule has 17 heavy (non-hydrogen) atoms. The highest BCUT2D eigenvalue weighted by molar-refractivity contribution is 7.11. The van der Waals surface area contributed by atoms with Gasteiger partial charge in [0.05, 0.1) is 21.6 Å². The molecular formula is C11H9Cl2FN2S. The van der Waals surface area contributed by atoms with Crippen molar-refractivity contribution in [1.29, 1.82) is 0 Å². The predicted molar refractivity (Wildman–Crippen MR) is 70.6 cm³/mol. The van der Waals surface area contributed by atoms with Crippen LogP contribution in [-0.2, 0) is 6.54 Å². The molecule has 1 heterocycles. The molecule has 0 saturated heterocycles. The first kappa shape index (κ1) is 12.6. The van der Waals surface area contributed by atoms with Crippen LogP contribution in [0.1, 0.15) is 9.88 Å². The normalized spacial score (nSPS) is 10.6. The number of rotatable bonds is 3. The summed E-state index contributed by atoms with van der Waals surface area (Å²) in [4.78, 5) is 5.24. The molecule has 0 unspecified atom stereocenters. The molecule has 1 aromatic carbocycles. The molecule has 6 heteroatoms. The first-order chi connectivity index (χ1) is 8.06. The lowest BCUT2D eigenvalue weighted by Gasteiger charge is -2.06. The maximum Gasteiger partial charge on any atom is 0.160 e. The summed E-state index contributed by atoms with van der Waals surface area (Å²) in [6, 6.07) is 3.02. The van der Waals surface area contributed by atoms with Crippen LogP contribution in [0.25, 0.3) is 0 Å². The zero-order valence-corrected chi connectivity index (χ0v) is 11.3. The summed E-state index contributed by atoms with van der Waals surface area (Å²) < 4.78 is 13.2. The average Bonchev–Trinajstić information content (AvgIpc) is 2.69. The van der Waals surface area contributed by atoms with E-state index in [1.165, 1.54) is 12.1 Å². The Morgan fingerprint density at radius 1 is 1.35 bits per heavy atom. The van der Waals surface area contributed by atoms with Gasteiger partial charge in [-0.3, -0.25) is 0 Å². The molecule has 90 valence electrons. The second-order valence-electron chi connectivity index (χ2n) is 3.45. The number of benzene rings is 1. The van der Waals surface area contributed by atoms with Gasteiger partial charge in [0, 0.05) is 16.8 Å². The van der Waals surface area contributed by atoms with Crippen molar-refractivity contribution in [2.45, 2.75) is 13.5 Å². The Balaban J connectivity index is 2.09. The zero-order valence-electron chi connectivity index (χ0n) is 8.93. The van der Waals surface area contributed by atoms with Crippen LogP contribution in [0.3, 0.4) is 0 Å². The van der Waals surface area contributed by atoms with Crippen molar-refractivity contribution in [1.82, 2.24) is 4.98 Å². The molecule has 2 rings (SSSR count). The highest BCUT2D eigenvalue weighted by atomic mass is 35.5. The number of hydrogen-bond acceptors (Lipinski definition) is 3. The fourth-order valence-corrected chi connectivity index (χ4v) is 2.56. The minimum atomic E-state index is -0.590. The van der Waals surface area contributed by atoms with Crippen LogP contribution in [0.4, 0.5) is 10.1 Å². The molecule has 0 fully saturated rings. The highest BCUT2D eigenvalue weighted by Gasteiger charge is 2.07. The maximum absolute atomic E-state index is 13.2. The van der Waals surface area contributed by atoms with Gasteiger partial charge >= 0.3 is 0 Å². The second kappa shape index (κ2) is 5.21. The van der Waals surface area contributed by atoms with Crippen molar-refractivity contribution in [3.8, 4) is 0 Å². The minimum absolute atomic E-state index is 0.0143. The third-order valence-corrected chi connectivity index (χ3v) is 3.58. The second-order valence-corrected chi connectivity index (χ2v) is 5.59. The average molecular weight is 291 g/mol. The van der Waals surface area contributed by atoms with Crippen LogP contribution in [-0.4, -0.2) is 4.98 Å². The summed E-state index contributed by atoms with van der Waals surface area (Å²) in [5.74, 6) is -0.590. The van der Waals surface area contributed by atoms with Crippen LogP contribution in [0.5, 0.6) is 0 Å². The van der Waals surface area contributed by atoms with Crippen molar-refractivity contribution in [3.63, 3.8) is 0 Å². The number of hydrogen-bond donors (Lipinski definition) is 1. The summed E-state index contributed by atoms with van der Waals surface area (Å²) in [6.07, 6.45) is 1.81. The third kappa shape index (κ3) is 3.09. The summed E-state index contributed by atoms with van der Waals surface area (Å²) in [5, 5.41) is 4.16. The smallest absolute Gasteiger partial charge is 0.160 e. The maximum atomic E-state index is 13.2. The number of anilines is 1. The van der Waals surface area contributed by atoms with E-state index in [0.29, 0.717) is 12.2 Å². The Labute approximate surface area is 112 Å². The summed E-state index contributed by atoms with van der Waals surface area (Å²) in [6.45, 7) is 2.56. The molecule has 0 aliphatic heterocycles. The van der Waals surface area contributed by atoms with E-state index in [0.717, 1.165) is 9.88 Å². The largest absolute Gasteiger partial charge is 0.380 e. The van der Waals surface area contributed by atoms with Crippen LogP contribution in [0.15, 0.2) is 18.3 Å². The van der Waals surface area contributed by atoms with E-state index in [4.69, 9.17) is 23.2 Å². The summed E-state index contributed by atoms with van der Waals surface area (Å²) in [5.41, 5.74) is 0.687. The van der Waals surface area contributed by atoms with Crippen molar-refractivity contribution >= 4 is 40.2 Å². The fourth-order valence-electron chi connectivity index (χ4n) is 1.33. The van der Waals surface area contributed by atoms with Gasteiger partial charge in [-0.1, -0.05) is 23.2 Å². The number of nitrogens with one attached hydrogen (secondary N) is 1. The Kier molecular flexibility index (Phi) is 3.86. The van der Waals surface area contributed by atoms with Crippen molar-refractivity contribution < 1.29 is 4.39 Å². The van der Waals surface area contributed by atoms with Crippen LogP contribution in [0.2, 0.25) is 10.0 Å². The first-order valence-electron chi connectivity index (χ1n) is 4.86. The highest BCUT2D eigenvalue weighted by Crippen LogP contribution is 2.27. The quantitative estimate of drug-likeness (QED) is 0.842. The van der Waals surface area contributed by atoms with E-state index in [-0.39, 0.29) is 10.0 Å². The molecule has 0 atom stereocenters. The number of thiazole rings is 1. The Hall–Kier alpha value is -0.840. The molecule has 0 bridgehead atoms. The van der Waals surface area contributed by atoms with Crippen molar-refractivity contribution in [2.24, 2.45) is 0 Å². The molecule has 0 aliphatic rings. The topological polar surface area (TPSA) is 24.9 Å². The van der Waals surface area contributed by atoms with Crippen LogP contribution >= 0.6 is 34.5 Å². The zero-order chi connectivity index (χ0) is 12.4. The van der Waals surface area contributed by atoms with Crippen molar-refractivity contribution in [3.05, 3.63) is 44.1 Å². The predicted octanol–water partition coefficient (Wildman–Crippen LogP) is 4.51. The van der Waals surface area contributed by atoms with E-state index in [1.807, 2.05) is 6.92 Å². The summed E-state index contributed by atoms with van der Waals surface area (Å²) >= 11 is 13.0. The third-order valence-electron chi connectivity index (χ3n) is 2.12. The molecule has 2 aromatic rings.